The number of hydrogen-bond donors (Lipinski definition) is 0. The largest absolute Gasteiger partial charge is 0.192 e. The number of halogens is 1. The molecule has 0 fully saturated rings. The molecular weight excluding hydrogens is 146 g/mol. The molecule has 2 unspecified atom stereocenters. The Morgan fingerprint density at radius 3 is 2.90 bits per heavy atom. The Balaban J connectivity index is 2.78. The highest BCUT2D eigenvalue weighted by Crippen LogP contribution is 2.20. The molecule has 0 bridgehead atoms. The molecule has 0 radical (unpaired) electrons. The van der Waals surface area contributed by atoms with E-state index in [-0.39, 0.29) is 11.3 Å². The van der Waals surface area contributed by atoms with Crippen LogP contribution in [0.5, 0.6) is 0 Å². The van der Waals surface area contributed by atoms with Gasteiger partial charge in [0, 0.05) is 5.57 Å². The first-order valence-corrected chi connectivity index (χ1v) is 3.62. The van der Waals surface area contributed by atoms with Gasteiger partial charge >= 0.3 is 0 Å². The first-order chi connectivity index (χ1) is 4.74. The second-order valence-corrected chi connectivity index (χ2v) is 2.90. The van der Waals surface area contributed by atoms with Crippen LogP contribution in [0.3, 0.4) is 0 Å². The Labute approximate surface area is 65.6 Å². The molecular formula is C8H8ClN. The van der Waals surface area contributed by atoms with Gasteiger partial charge in [0.25, 0.3) is 0 Å². The number of hydrogen-bond acceptors (Lipinski definition) is 1. The van der Waals surface area contributed by atoms with E-state index in [0.29, 0.717) is 5.57 Å². The summed E-state index contributed by atoms with van der Waals surface area (Å²) in [6, 6.07) is 2.07. The summed E-state index contributed by atoms with van der Waals surface area (Å²) in [5.41, 5.74) is 0.712. The molecule has 0 heterocycles. The highest BCUT2D eigenvalue weighted by molar-refractivity contribution is 6.22. The van der Waals surface area contributed by atoms with Crippen LogP contribution in [0.25, 0.3) is 0 Å². The SMILES string of the molecule is CC1C=C(C#N)C=CC1Cl. The maximum Gasteiger partial charge on any atom is 0.0988 e. The summed E-state index contributed by atoms with van der Waals surface area (Å²) < 4.78 is 0. The standard InChI is InChI=1S/C8H8ClN/c1-6-4-7(5-10)2-3-8(6)9/h2-4,6,8H,1H3. The van der Waals surface area contributed by atoms with E-state index in [9.17, 15) is 0 Å². The van der Waals surface area contributed by atoms with Crippen LogP contribution in [0.15, 0.2) is 23.8 Å². The van der Waals surface area contributed by atoms with Crippen LogP contribution in [0.4, 0.5) is 0 Å². The lowest BCUT2D eigenvalue weighted by Crippen LogP contribution is -2.09. The summed E-state index contributed by atoms with van der Waals surface area (Å²) in [6.45, 7) is 2.00. The van der Waals surface area contributed by atoms with Crippen molar-refractivity contribution in [2.75, 3.05) is 0 Å². The maximum atomic E-state index is 8.48. The summed E-state index contributed by atoms with van der Waals surface area (Å²) in [5, 5.41) is 8.54. The van der Waals surface area contributed by atoms with Gasteiger partial charge in [-0.05, 0) is 12.0 Å². The van der Waals surface area contributed by atoms with Crippen molar-refractivity contribution in [1.82, 2.24) is 0 Å². The van der Waals surface area contributed by atoms with Gasteiger partial charge in [-0.2, -0.15) is 5.26 Å². The lowest BCUT2D eigenvalue weighted by molar-refractivity contribution is 0.740. The third-order valence-electron chi connectivity index (χ3n) is 1.53. The molecule has 0 saturated carbocycles. The number of nitrogens with zero attached hydrogens (tertiary/aromatic N) is 1. The minimum Gasteiger partial charge on any atom is -0.192 e. The summed E-state index contributed by atoms with van der Waals surface area (Å²) >= 11 is 5.85. The van der Waals surface area contributed by atoms with Crippen LogP contribution in [0, 0.1) is 17.2 Å². The first-order valence-electron chi connectivity index (χ1n) is 3.18. The molecule has 0 N–H and O–H groups in total. The van der Waals surface area contributed by atoms with Gasteiger partial charge in [0.05, 0.1) is 11.4 Å². The smallest absolute Gasteiger partial charge is 0.0988 e. The predicted molar refractivity (Wildman–Crippen MR) is 41.6 cm³/mol. The van der Waals surface area contributed by atoms with Crippen LogP contribution in [0.1, 0.15) is 6.92 Å². The Morgan fingerprint density at radius 1 is 1.70 bits per heavy atom. The molecule has 1 aliphatic carbocycles. The van der Waals surface area contributed by atoms with Gasteiger partial charge in [-0.15, -0.1) is 11.6 Å². The van der Waals surface area contributed by atoms with E-state index in [2.05, 4.69) is 6.07 Å². The van der Waals surface area contributed by atoms with Gasteiger partial charge in [-0.3, -0.25) is 0 Å². The zero-order valence-electron chi connectivity index (χ0n) is 5.71. The van der Waals surface area contributed by atoms with Crippen molar-refractivity contribution in [3.63, 3.8) is 0 Å². The Morgan fingerprint density at radius 2 is 2.40 bits per heavy atom. The van der Waals surface area contributed by atoms with Crippen molar-refractivity contribution in [3.8, 4) is 6.07 Å². The third kappa shape index (κ3) is 1.40. The molecule has 0 aromatic rings. The van der Waals surface area contributed by atoms with Crippen LogP contribution < -0.4 is 0 Å². The lowest BCUT2D eigenvalue weighted by Gasteiger charge is -2.13. The second-order valence-electron chi connectivity index (χ2n) is 2.40. The molecule has 0 saturated heterocycles. The van der Waals surface area contributed by atoms with E-state index in [0.717, 1.165) is 0 Å². The molecule has 1 rings (SSSR count). The van der Waals surface area contributed by atoms with Crippen molar-refractivity contribution < 1.29 is 0 Å². The van der Waals surface area contributed by atoms with E-state index >= 15 is 0 Å². The molecule has 0 amide bonds. The number of rotatable bonds is 0. The first kappa shape index (κ1) is 7.37. The molecule has 2 heteroatoms. The van der Waals surface area contributed by atoms with Gasteiger partial charge in [-0.1, -0.05) is 19.1 Å². The third-order valence-corrected chi connectivity index (χ3v) is 2.08. The van der Waals surface area contributed by atoms with Gasteiger partial charge in [0.2, 0.25) is 0 Å². The molecule has 1 nitrogen and oxygen atoms in total. The molecule has 52 valence electrons. The lowest BCUT2D eigenvalue weighted by atomic mass is 9.98. The van der Waals surface area contributed by atoms with Crippen molar-refractivity contribution in [1.29, 1.82) is 5.26 Å². The Bertz CT molecular complexity index is 222. The fraction of sp³-hybridized carbons (Fsp3) is 0.375. The summed E-state index contributed by atoms with van der Waals surface area (Å²) in [5.74, 6) is 0.279. The van der Waals surface area contributed by atoms with Crippen LogP contribution >= 0.6 is 11.6 Å². The average molecular weight is 154 g/mol. The summed E-state index contributed by atoms with van der Waals surface area (Å²) in [7, 11) is 0. The van der Waals surface area contributed by atoms with E-state index in [1.165, 1.54) is 0 Å². The highest BCUT2D eigenvalue weighted by Gasteiger charge is 2.12. The van der Waals surface area contributed by atoms with Crippen molar-refractivity contribution in [3.05, 3.63) is 23.8 Å². The van der Waals surface area contributed by atoms with E-state index in [1.807, 2.05) is 19.1 Å². The molecule has 10 heavy (non-hydrogen) atoms. The fourth-order valence-corrected chi connectivity index (χ4v) is 1.02. The van der Waals surface area contributed by atoms with Crippen LogP contribution in [-0.4, -0.2) is 5.38 Å². The van der Waals surface area contributed by atoms with Crippen LogP contribution in [-0.2, 0) is 0 Å². The van der Waals surface area contributed by atoms with Crippen molar-refractivity contribution in [2.24, 2.45) is 5.92 Å². The highest BCUT2D eigenvalue weighted by atomic mass is 35.5. The quantitative estimate of drug-likeness (QED) is 0.490. The Hall–Kier alpha value is -0.740. The number of allylic oxidation sites excluding steroid dienone is 4. The molecule has 0 aromatic carbocycles. The number of alkyl halides is 1. The summed E-state index contributed by atoms with van der Waals surface area (Å²) in [6.07, 6.45) is 5.50. The normalized spacial score (nSPS) is 31.1. The number of nitriles is 1. The van der Waals surface area contributed by atoms with E-state index in [4.69, 9.17) is 16.9 Å². The minimum absolute atomic E-state index is 0.0529. The predicted octanol–water partition coefficient (Wildman–Crippen LogP) is 2.25. The van der Waals surface area contributed by atoms with Gasteiger partial charge in [0.1, 0.15) is 0 Å². The molecule has 2 atom stereocenters. The van der Waals surface area contributed by atoms with Crippen LogP contribution in [0.2, 0.25) is 0 Å². The second kappa shape index (κ2) is 2.90. The zero-order chi connectivity index (χ0) is 7.56. The van der Waals surface area contributed by atoms with Gasteiger partial charge < -0.3 is 0 Å². The van der Waals surface area contributed by atoms with Crippen molar-refractivity contribution in [2.45, 2.75) is 12.3 Å². The van der Waals surface area contributed by atoms with Crippen molar-refractivity contribution >= 4 is 11.6 Å². The Kier molecular flexibility index (Phi) is 2.13. The van der Waals surface area contributed by atoms with E-state index in [1.54, 1.807) is 6.08 Å². The van der Waals surface area contributed by atoms with Gasteiger partial charge in [-0.25, -0.2) is 0 Å². The van der Waals surface area contributed by atoms with E-state index < -0.39 is 0 Å². The topological polar surface area (TPSA) is 23.8 Å². The maximum absolute atomic E-state index is 8.48. The average Bonchev–Trinajstić information content (AvgIpc) is 1.95. The fourth-order valence-electron chi connectivity index (χ4n) is 0.876. The van der Waals surface area contributed by atoms with Gasteiger partial charge in [0.15, 0.2) is 0 Å². The molecule has 0 aromatic heterocycles. The molecule has 0 spiro atoms. The molecule has 1 aliphatic rings. The summed E-state index contributed by atoms with van der Waals surface area (Å²) in [4.78, 5) is 0. The minimum atomic E-state index is 0.0529. The molecule has 0 aliphatic heterocycles. The monoisotopic (exact) mass is 153 g/mol. The zero-order valence-corrected chi connectivity index (χ0v) is 6.47.